The summed E-state index contributed by atoms with van der Waals surface area (Å²) in [7, 11) is 0. The van der Waals surface area contributed by atoms with Crippen molar-refractivity contribution >= 4 is 32.8 Å². The smallest absolute Gasteiger partial charge is 0.108 e. The molecule has 0 spiro atoms. The number of hydrogen-bond acceptors (Lipinski definition) is 4. The molecule has 0 N–H and O–H groups in total. The lowest BCUT2D eigenvalue weighted by Crippen LogP contribution is -1.93. The standard InChI is InChI=1S/C26H16N4/c1-2-6-17(7-3-1)20-14-12-18-10-11-19-13-15-23(30-26(19)25(18)29-20)24-16-27-21-8-4-5-9-22(21)28-24/h1-16H. The van der Waals surface area contributed by atoms with Crippen LogP contribution >= 0.6 is 0 Å². The van der Waals surface area contributed by atoms with Crippen LogP contribution in [0.15, 0.2) is 97.2 Å². The minimum absolute atomic E-state index is 0.756. The molecule has 0 atom stereocenters. The predicted molar refractivity (Wildman–Crippen MR) is 121 cm³/mol. The van der Waals surface area contributed by atoms with Gasteiger partial charge >= 0.3 is 0 Å². The average molecular weight is 384 g/mol. The summed E-state index contributed by atoms with van der Waals surface area (Å²) in [4.78, 5) is 19.2. The molecule has 3 heterocycles. The lowest BCUT2D eigenvalue weighted by atomic mass is 10.1. The van der Waals surface area contributed by atoms with Crippen LogP contribution in [0, 0.1) is 0 Å². The normalized spacial score (nSPS) is 11.3. The summed E-state index contributed by atoms with van der Waals surface area (Å²) >= 11 is 0. The Labute approximate surface area is 172 Å². The monoisotopic (exact) mass is 384 g/mol. The first-order chi connectivity index (χ1) is 14.8. The quantitative estimate of drug-likeness (QED) is 0.341. The van der Waals surface area contributed by atoms with Gasteiger partial charge in [0.2, 0.25) is 0 Å². The van der Waals surface area contributed by atoms with E-state index >= 15 is 0 Å². The summed E-state index contributed by atoms with van der Waals surface area (Å²) in [5.41, 5.74) is 7.08. The number of benzene rings is 3. The zero-order chi connectivity index (χ0) is 19.9. The highest BCUT2D eigenvalue weighted by Gasteiger charge is 2.10. The molecular formula is C26H16N4. The van der Waals surface area contributed by atoms with Crippen molar-refractivity contribution < 1.29 is 0 Å². The maximum absolute atomic E-state index is 4.96. The summed E-state index contributed by atoms with van der Waals surface area (Å²) in [6.07, 6.45) is 1.78. The molecule has 0 unspecified atom stereocenters. The third kappa shape index (κ3) is 2.78. The van der Waals surface area contributed by atoms with Crippen molar-refractivity contribution in [2.75, 3.05) is 0 Å². The van der Waals surface area contributed by atoms with Crippen LogP contribution in [0.4, 0.5) is 0 Å². The molecule has 0 aliphatic heterocycles. The first-order valence-electron chi connectivity index (χ1n) is 9.83. The van der Waals surface area contributed by atoms with Gasteiger partial charge in [-0.15, -0.1) is 0 Å². The molecule has 0 radical (unpaired) electrons. The van der Waals surface area contributed by atoms with Gasteiger partial charge in [0.15, 0.2) is 0 Å². The number of hydrogen-bond donors (Lipinski definition) is 0. The molecule has 0 saturated carbocycles. The van der Waals surface area contributed by atoms with E-state index in [0.29, 0.717) is 0 Å². The topological polar surface area (TPSA) is 51.6 Å². The molecule has 4 nitrogen and oxygen atoms in total. The Morgan fingerprint density at radius 2 is 1.03 bits per heavy atom. The van der Waals surface area contributed by atoms with Crippen LogP contribution in [0.3, 0.4) is 0 Å². The van der Waals surface area contributed by atoms with Crippen molar-refractivity contribution in [2.45, 2.75) is 0 Å². The molecule has 6 rings (SSSR count). The number of para-hydroxylation sites is 2. The highest BCUT2D eigenvalue weighted by Crippen LogP contribution is 2.28. The molecule has 0 amide bonds. The molecule has 0 aliphatic carbocycles. The van der Waals surface area contributed by atoms with Crippen molar-refractivity contribution in [2.24, 2.45) is 0 Å². The van der Waals surface area contributed by atoms with Crippen LogP contribution in [0.2, 0.25) is 0 Å². The van der Waals surface area contributed by atoms with Crippen LogP contribution in [0.1, 0.15) is 0 Å². The summed E-state index contributed by atoms with van der Waals surface area (Å²) in [6.45, 7) is 0. The van der Waals surface area contributed by atoms with Gasteiger partial charge < -0.3 is 0 Å². The third-order valence-electron chi connectivity index (χ3n) is 5.30. The molecular weight excluding hydrogens is 368 g/mol. The summed E-state index contributed by atoms with van der Waals surface area (Å²) < 4.78 is 0. The first kappa shape index (κ1) is 16.7. The Hall–Kier alpha value is -4.18. The van der Waals surface area contributed by atoms with Crippen molar-refractivity contribution in [3.8, 4) is 22.6 Å². The van der Waals surface area contributed by atoms with Gasteiger partial charge in [0.05, 0.1) is 39.7 Å². The van der Waals surface area contributed by atoms with Gasteiger partial charge in [0.25, 0.3) is 0 Å². The van der Waals surface area contributed by atoms with Crippen LogP contribution < -0.4 is 0 Å². The summed E-state index contributed by atoms with van der Waals surface area (Å²) in [5, 5.41) is 2.12. The van der Waals surface area contributed by atoms with Crippen LogP contribution in [0.25, 0.3) is 55.5 Å². The lowest BCUT2D eigenvalue weighted by molar-refractivity contribution is 1.26. The zero-order valence-corrected chi connectivity index (χ0v) is 16.0. The van der Waals surface area contributed by atoms with Crippen LogP contribution in [0.5, 0.6) is 0 Å². The van der Waals surface area contributed by atoms with E-state index in [1.807, 2.05) is 48.5 Å². The Kier molecular flexibility index (Phi) is 3.74. The van der Waals surface area contributed by atoms with Gasteiger partial charge in [0.1, 0.15) is 5.69 Å². The molecule has 0 aliphatic rings. The van der Waals surface area contributed by atoms with E-state index in [-0.39, 0.29) is 0 Å². The molecule has 30 heavy (non-hydrogen) atoms. The number of pyridine rings is 2. The Bertz CT molecular complexity index is 1540. The van der Waals surface area contributed by atoms with E-state index in [1.165, 1.54) is 0 Å². The largest absolute Gasteiger partial charge is 0.252 e. The fourth-order valence-electron chi connectivity index (χ4n) is 3.76. The molecule has 0 fully saturated rings. The van der Waals surface area contributed by atoms with Gasteiger partial charge in [-0.05, 0) is 24.3 Å². The molecule has 4 heteroatoms. The number of nitrogens with zero attached hydrogens (tertiary/aromatic N) is 4. The van der Waals surface area contributed by atoms with E-state index in [9.17, 15) is 0 Å². The fourth-order valence-corrected chi connectivity index (χ4v) is 3.76. The molecule has 3 aromatic carbocycles. The van der Waals surface area contributed by atoms with Gasteiger partial charge in [-0.25, -0.2) is 15.0 Å². The van der Waals surface area contributed by atoms with Crippen molar-refractivity contribution in [3.05, 3.63) is 97.2 Å². The van der Waals surface area contributed by atoms with Gasteiger partial charge in [-0.2, -0.15) is 0 Å². The van der Waals surface area contributed by atoms with E-state index in [2.05, 4.69) is 47.4 Å². The molecule has 0 bridgehead atoms. The third-order valence-corrected chi connectivity index (χ3v) is 5.30. The molecule has 6 aromatic rings. The van der Waals surface area contributed by atoms with Crippen molar-refractivity contribution in [1.82, 2.24) is 19.9 Å². The Morgan fingerprint density at radius 1 is 0.433 bits per heavy atom. The van der Waals surface area contributed by atoms with Crippen molar-refractivity contribution in [1.29, 1.82) is 0 Å². The second-order valence-electron chi connectivity index (χ2n) is 7.21. The predicted octanol–water partition coefficient (Wildman–Crippen LogP) is 6.06. The zero-order valence-electron chi connectivity index (χ0n) is 16.0. The minimum atomic E-state index is 0.756. The maximum atomic E-state index is 4.96. The van der Waals surface area contributed by atoms with Crippen molar-refractivity contribution in [3.63, 3.8) is 0 Å². The molecule has 3 aromatic heterocycles. The van der Waals surface area contributed by atoms with Crippen LogP contribution in [-0.2, 0) is 0 Å². The fraction of sp³-hybridized carbons (Fsp3) is 0. The maximum Gasteiger partial charge on any atom is 0.108 e. The van der Waals surface area contributed by atoms with Crippen LogP contribution in [-0.4, -0.2) is 19.9 Å². The SMILES string of the molecule is c1ccc(-c2ccc3ccc4ccc(-c5cnc6ccccc6n5)nc4c3n2)cc1. The van der Waals surface area contributed by atoms with E-state index in [4.69, 9.17) is 15.0 Å². The second kappa shape index (κ2) is 6.71. The van der Waals surface area contributed by atoms with E-state index in [0.717, 1.165) is 55.5 Å². The lowest BCUT2D eigenvalue weighted by Gasteiger charge is -2.08. The van der Waals surface area contributed by atoms with Gasteiger partial charge in [-0.1, -0.05) is 66.7 Å². The van der Waals surface area contributed by atoms with E-state index < -0.39 is 0 Å². The highest BCUT2D eigenvalue weighted by atomic mass is 14.8. The summed E-state index contributed by atoms with van der Waals surface area (Å²) in [6, 6.07) is 30.5. The number of aromatic nitrogens is 4. The number of fused-ring (bicyclic) bond motifs is 4. The molecule has 0 saturated heterocycles. The Morgan fingerprint density at radius 3 is 1.80 bits per heavy atom. The first-order valence-corrected chi connectivity index (χ1v) is 9.83. The summed E-state index contributed by atoms with van der Waals surface area (Å²) in [5.74, 6) is 0. The van der Waals surface area contributed by atoms with E-state index in [1.54, 1.807) is 6.20 Å². The molecule has 140 valence electrons. The van der Waals surface area contributed by atoms with Gasteiger partial charge in [0, 0.05) is 16.3 Å². The minimum Gasteiger partial charge on any atom is -0.252 e. The highest BCUT2D eigenvalue weighted by molar-refractivity contribution is 6.04. The Balaban J connectivity index is 1.57. The average Bonchev–Trinajstić information content (AvgIpc) is 2.83. The second-order valence-corrected chi connectivity index (χ2v) is 7.21. The van der Waals surface area contributed by atoms with Gasteiger partial charge in [-0.3, -0.25) is 4.98 Å². The number of rotatable bonds is 2.